The SMILES string of the molecule is COC(=O)c1ccc(-n2c(-c3ccccc3)cc(C=Nn3c(-c4cc5ccccc5o4)nc4ccccc4c3=O)c2-c2ccccc2)cc1. The fraction of sp³-hybridized carbons (Fsp3) is 0.0244. The average Bonchev–Trinajstić information content (AvgIpc) is 3.77. The van der Waals surface area contributed by atoms with Gasteiger partial charge in [0.15, 0.2) is 5.76 Å². The molecule has 0 spiro atoms. The van der Waals surface area contributed by atoms with Crippen molar-refractivity contribution in [3.63, 3.8) is 0 Å². The summed E-state index contributed by atoms with van der Waals surface area (Å²) in [6, 6.07) is 46.1. The van der Waals surface area contributed by atoms with Crippen LogP contribution in [0.2, 0.25) is 0 Å². The third-order valence-electron chi connectivity index (χ3n) is 8.41. The fourth-order valence-electron chi connectivity index (χ4n) is 6.08. The molecule has 0 aliphatic carbocycles. The van der Waals surface area contributed by atoms with Crippen molar-refractivity contribution in [2.24, 2.45) is 5.10 Å². The molecule has 3 heterocycles. The summed E-state index contributed by atoms with van der Waals surface area (Å²) in [5.74, 6) is 0.310. The minimum Gasteiger partial charge on any atom is -0.465 e. The lowest BCUT2D eigenvalue weighted by molar-refractivity contribution is 0.0600. The number of esters is 1. The Kier molecular flexibility index (Phi) is 7.50. The number of ether oxygens (including phenoxy) is 1. The molecule has 0 unspecified atom stereocenters. The van der Waals surface area contributed by atoms with E-state index in [1.807, 2.05) is 121 Å². The molecule has 0 radical (unpaired) electrons. The van der Waals surface area contributed by atoms with E-state index in [0.29, 0.717) is 33.6 Å². The Morgan fingerprint density at radius 1 is 0.776 bits per heavy atom. The van der Waals surface area contributed by atoms with E-state index in [-0.39, 0.29) is 5.56 Å². The lowest BCUT2D eigenvalue weighted by Crippen LogP contribution is -2.20. The van der Waals surface area contributed by atoms with Crippen molar-refractivity contribution < 1.29 is 13.9 Å². The summed E-state index contributed by atoms with van der Waals surface area (Å²) in [6.45, 7) is 0. The first-order valence-corrected chi connectivity index (χ1v) is 15.7. The first-order chi connectivity index (χ1) is 24.1. The molecule has 49 heavy (non-hydrogen) atoms. The molecule has 8 aromatic rings. The summed E-state index contributed by atoms with van der Waals surface area (Å²) in [5.41, 5.74) is 6.61. The molecule has 0 amide bonds. The number of nitrogens with zero attached hydrogens (tertiary/aromatic N) is 4. The average molecular weight is 641 g/mol. The molecule has 0 N–H and O–H groups in total. The number of rotatable bonds is 7. The first kappa shape index (κ1) is 29.6. The Bertz CT molecular complexity index is 2530. The third-order valence-corrected chi connectivity index (χ3v) is 8.41. The van der Waals surface area contributed by atoms with Gasteiger partial charge in [0, 0.05) is 16.6 Å². The predicted molar refractivity (Wildman–Crippen MR) is 192 cm³/mol. The van der Waals surface area contributed by atoms with Crippen molar-refractivity contribution in [2.75, 3.05) is 7.11 Å². The van der Waals surface area contributed by atoms with Gasteiger partial charge in [-0.1, -0.05) is 91.0 Å². The lowest BCUT2D eigenvalue weighted by atomic mass is 10.1. The Morgan fingerprint density at radius 3 is 2.18 bits per heavy atom. The highest BCUT2D eigenvalue weighted by atomic mass is 16.5. The van der Waals surface area contributed by atoms with Gasteiger partial charge in [-0.15, -0.1) is 0 Å². The fourth-order valence-corrected chi connectivity index (χ4v) is 6.08. The van der Waals surface area contributed by atoms with Gasteiger partial charge < -0.3 is 13.7 Å². The molecule has 8 nitrogen and oxygen atoms in total. The maximum absolute atomic E-state index is 14.1. The molecular formula is C41H28N4O4. The van der Waals surface area contributed by atoms with Gasteiger partial charge >= 0.3 is 5.97 Å². The van der Waals surface area contributed by atoms with Crippen molar-refractivity contribution in [1.82, 2.24) is 14.2 Å². The molecule has 5 aromatic carbocycles. The van der Waals surface area contributed by atoms with E-state index < -0.39 is 5.97 Å². The van der Waals surface area contributed by atoms with Gasteiger partial charge in [0.1, 0.15) is 5.58 Å². The molecule has 236 valence electrons. The summed E-state index contributed by atoms with van der Waals surface area (Å²) < 4.78 is 14.6. The number of para-hydroxylation sites is 2. The van der Waals surface area contributed by atoms with E-state index in [1.165, 1.54) is 11.8 Å². The van der Waals surface area contributed by atoms with Crippen LogP contribution in [0, 0.1) is 0 Å². The zero-order valence-corrected chi connectivity index (χ0v) is 26.4. The van der Waals surface area contributed by atoms with Gasteiger partial charge in [0.2, 0.25) is 5.82 Å². The van der Waals surface area contributed by atoms with Crippen molar-refractivity contribution >= 4 is 34.1 Å². The van der Waals surface area contributed by atoms with Crippen LogP contribution in [-0.2, 0) is 4.74 Å². The Hall–Kier alpha value is -6.80. The van der Waals surface area contributed by atoms with Crippen LogP contribution in [0.3, 0.4) is 0 Å². The number of carbonyl (C=O) groups excluding carboxylic acids is 1. The number of fused-ring (bicyclic) bond motifs is 2. The van der Waals surface area contributed by atoms with E-state index >= 15 is 0 Å². The summed E-state index contributed by atoms with van der Waals surface area (Å²) >= 11 is 0. The number of aromatic nitrogens is 3. The highest BCUT2D eigenvalue weighted by Gasteiger charge is 2.21. The second-order valence-corrected chi connectivity index (χ2v) is 11.4. The van der Waals surface area contributed by atoms with Crippen LogP contribution in [0.1, 0.15) is 15.9 Å². The Balaban J connectivity index is 1.37. The second-order valence-electron chi connectivity index (χ2n) is 11.4. The summed E-state index contributed by atoms with van der Waals surface area (Å²) in [5, 5.41) is 6.17. The number of methoxy groups -OCH3 is 1. The molecule has 8 heteroatoms. The highest BCUT2D eigenvalue weighted by molar-refractivity contribution is 5.94. The molecule has 0 aliphatic heterocycles. The quantitative estimate of drug-likeness (QED) is 0.129. The lowest BCUT2D eigenvalue weighted by Gasteiger charge is -2.15. The minimum absolute atomic E-state index is 0.290. The highest BCUT2D eigenvalue weighted by Crippen LogP contribution is 2.36. The first-order valence-electron chi connectivity index (χ1n) is 15.7. The van der Waals surface area contributed by atoms with Crippen LogP contribution in [0.4, 0.5) is 0 Å². The van der Waals surface area contributed by atoms with Crippen molar-refractivity contribution in [2.45, 2.75) is 0 Å². The second kappa shape index (κ2) is 12.4. The largest absolute Gasteiger partial charge is 0.465 e. The summed E-state index contributed by atoms with van der Waals surface area (Å²) in [4.78, 5) is 31.2. The maximum Gasteiger partial charge on any atom is 0.337 e. The van der Waals surface area contributed by atoms with E-state index in [0.717, 1.165) is 39.2 Å². The standard InChI is InChI=1S/C41H28N4O4/c1-48-41(47)29-20-22-32(23-21-29)44-35(27-12-4-2-5-13-27)24-31(38(44)28-14-6-3-7-15-28)26-42-45-39(37-25-30-16-8-11-19-36(30)49-37)43-34-18-10-9-17-33(34)40(45)46/h2-26H,1H3. The van der Waals surface area contributed by atoms with Gasteiger partial charge in [0.05, 0.1) is 41.2 Å². The summed E-state index contributed by atoms with van der Waals surface area (Å²) in [7, 11) is 1.37. The van der Waals surface area contributed by atoms with Gasteiger partial charge in [0.25, 0.3) is 5.56 Å². The van der Waals surface area contributed by atoms with Crippen molar-refractivity contribution in [3.8, 4) is 39.8 Å². The molecule has 0 saturated heterocycles. The monoisotopic (exact) mass is 640 g/mol. The van der Waals surface area contributed by atoms with Crippen LogP contribution in [0.5, 0.6) is 0 Å². The molecule has 0 atom stereocenters. The van der Waals surface area contributed by atoms with Gasteiger partial charge in [-0.25, -0.2) is 9.78 Å². The minimum atomic E-state index is -0.409. The van der Waals surface area contributed by atoms with Crippen LogP contribution in [-0.4, -0.2) is 33.5 Å². The number of benzene rings is 5. The van der Waals surface area contributed by atoms with Crippen LogP contribution in [0.25, 0.3) is 61.7 Å². The number of carbonyl (C=O) groups is 1. The topological polar surface area (TPSA) is 91.6 Å². The molecular weight excluding hydrogens is 612 g/mol. The predicted octanol–water partition coefficient (Wildman–Crippen LogP) is 8.60. The van der Waals surface area contributed by atoms with Gasteiger partial charge in [-0.05, 0) is 65.7 Å². The van der Waals surface area contributed by atoms with E-state index in [9.17, 15) is 9.59 Å². The third kappa shape index (κ3) is 5.41. The number of hydrogen-bond acceptors (Lipinski definition) is 6. The van der Waals surface area contributed by atoms with E-state index in [4.69, 9.17) is 19.2 Å². The Labute approximate surface area is 280 Å². The normalized spacial score (nSPS) is 11.4. The number of furan rings is 1. The molecule has 0 fully saturated rings. The van der Waals surface area contributed by atoms with Crippen LogP contribution < -0.4 is 5.56 Å². The van der Waals surface area contributed by atoms with Crippen LogP contribution >= 0.6 is 0 Å². The van der Waals surface area contributed by atoms with Crippen molar-refractivity contribution in [1.29, 1.82) is 0 Å². The molecule has 0 bridgehead atoms. The van der Waals surface area contributed by atoms with Gasteiger partial charge in [-0.3, -0.25) is 4.79 Å². The summed E-state index contributed by atoms with van der Waals surface area (Å²) in [6.07, 6.45) is 1.69. The zero-order chi connectivity index (χ0) is 33.3. The molecule has 0 aliphatic rings. The van der Waals surface area contributed by atoms with Crippen molar-refractivity contribution in [3.05, 3.63) is 167 Å². The molecule has 0 saturated carbocycles. The number of hydrogen-bond donors (Lipinski definition) is 0. The van der Waals surface area contributed by atoms with E-state index in [1.54, 1.807) is 24.4 Å². The van der Waals surface area contributed by atoms with E-state index in [2.05, 4.69) is 10.6 Å². The maximum atomic E-state index is 14.1. The molecule has 8 rings (SSSR count). The molecule has 3 aromatic heterocycles. The smallest absolute Gasteiger partial charge is 0.337 e. The van der Waals surface area contributed by atoms with Gasteiger partial charge in [-0.2, -0.15) is 9.78 Å². The van der Waals surface area contributed by atoms with Crippen LogP contribution in [0.15, 0.2) is 160 Å². The zero-order valence-electron chi connectivity index (χ0n) is 26.4. The Morgan fingerprint density at radius 2 is 1.45 bits per heavy atom.